The Hall–Kier alpha value is -2.84. The number of para-hydroxylation sites is 1. The standard InChI is InChI=1S/C23H26N2O4S2/c1-4-17(2)19-9-13-21(14-10-19)30(26,27)24-20-11-15-22(16-12-20)31(28,29)25-23-8-6-5-7-18(23)3/h5-17,24-25H,4H2,1-3H3. The van der Waals surface area contributed by atoms with E-state index in [4.69, 9.17) is 0 Å². The molecule has 8 heteroatoms. The zero-order chi connectivity index (χ0) is 22.6. The minimum atomic E-state index is -3.79. The Kier molecular flexibility index (Phi) is 6.71. The summed E-state index contributed by atoms with van der Waals surface area (Å²) in [6.45, 7) is 5.98. The molecule has 0 aliphatic heterocycles. The lowest BCUT2D eigenvalue weighted by Gasteiger charge is -2.13. The largest absolute Gasteiger partial charge is 0.280 e. The van der Waals surface area contributed by atoms with Gasteiger partial charge in [-0.1, -0.05) is 44.2 Å². The first kappa shape index (κ1) is 22.8. The number of hydrogen-bond acceptors (Lipinski definition) is 4. The number of benzene rings is 3. The van der Waals surface area contributed by atoms with Crippen LogP contribution in [-0.4, -0.2) is 16.8 Å². The van der Waals surface area contributed by atoms with Crippen molar-refractivity contribution >= 4 is 31.4 Å². The van der Waals surface area contributed by atoms with Crippen LogP contribution in [0.3, 0.4) is 0 Å². The van der Waals surface area contributed by atoms with Gasteiger partial charge < -0.3 is 0 Å². The van der Waals surface area contributed by atoms with Gasteiger partial charge in [0, 0.05) is 5.69 Å². The summed E-state index contributed by atoms with van der Waals surface area (Å²) in [6.07, 6.45) is 0.971. The first-order valence-electron chi connectivity index (χ1n) is 9.93. The van der Waals surface area contributed by atoms with Crippen molar-refractivity contribution in [1.82, 2.24) is 0 Å². The molecule has 1 atom stereocenters. The number of sulfonamides is 2. The zero-order valence-electron chi connectivity index (χ0n) is 17.7. The molecule has 3 rings (SSSR count). The van der Waals surface area contributed by atoms with Crippen molar-refractivity contribution in [2.75, 3.05) is 9.44 Å². The molecule has 0 bridgehead atoms. The molecule has 31 heavy (non-hydrogen) atoms. The summed E-state index contributed by atoms with van der Waals surface area (Å²) in [5.74, 6) is 0.354. The van der Waals surface area contributed by atoms with Crippen LogP contribution in [0.25, 0.3) is 0 Å². The minimum absolute atomic E-state index is 0.0385. The van der Waals surface area contributed by atoms with Gasteiger partial charge in [0.1, 0.15) is 0 Å². The van der Waals surface area contributed by atoms with Crippen LogP contribution in [0.1, 0.15) is 37.3 Å². The quantitative estimate of drug-likeness (QED) is 0.491. The lowest BCUT2D eigenvalue weighted by Crippen LogP contribution is -2.15. The van der Waals surface area contributed by atoms with E-state index >= 15 is 0 Å². The van der Waals surface area contributed by atoms with E-state index in [1.54, 1.807) is 24.3 Å². The summed E-state index contributed by atoms with van der Waals surface area (Å²) in [6, 6.07) is 19.4. The van der Waals surface area contributed by atoms with Crippen molar-refractivity contribution < 1.29 is 16.8 Å². The topological polar surface area (TPSA) is 92.3 Å². The summed E-state index contributed by atoms with van der Waals surface area (Å²) >= 11 is 0. The maximum atomic E-state index is 12.7. The Morgan fingerprint density at radius 2 is 1.26 bits per heavy atom. The van der Waals surface area contributed by atoms with Gasteiger partial charge in [-0.15, -0.1) is 0 Å². The third-order valence-electron chi connectivity index (χ3n) is 5.18. The van der Waals surface area contributed by atoms with E-state index < -0.39 is 20.0 Å². The minimum Gasteiger partial charge on any atom is -0.280 e. The molecule has 2 N–H and O–H groups in total. The van der Waals surface area contributed by atoms with Gasteiger partial charge in [-0.25, -0.2) is 16.8 Å². The second-order valence-electron chi connectivity index (χ2n) is 7.43. The fraction of sp³-hybridized carbons (Fsp3) is 0.217. The summed E-state index contributed by atoms with van der Waals surface area (Å²) in [7, 11) is -7.57. The molecule has 0 saturated carbocycles. The van der Waals surface area contributed by atoms with E-state index in [0.717, 1.165) is 17.5 Å². The third-order valence-corrected chi connectivity index (χ3v) is 7.96. The van der Waals surface area contributed by atoms with Crippen LogP contribution >= 0.6 is 0 Å². The van der Waals surface area contributed by atoms with E-state index in [2.05, 4.69) is 23.3 Å². The highest BCUT2D eigenvalue weighted by Gasteiger charge is 2.18. The van der Waals surface area contributed by atoms with Crippen LogP contribution in [0.2, 0.25) is 0 Å². The Labute approximate surface area is 184 Å². The van der Waals surface area contributed by atoms with Gasteiger partial charge in [0.05, 0.1) is 15.5 Å². The Morgan fingerprint density at radius 1 is 0.742 bits per heavy atom. The summed E-state index contributed by atoms with van der Waals surface area (Å²) in [5, 5.41) is 0. The van der Waals surface area contributed by atoms with Gasteiger partial charge in [-0.2, -0.15) is 0 Å². The molecule has 0 saturated heterocycles. The number of rotatable bonds is 8. The van der Waals surface area contributed by atoms with Gasteiger partial charge in [0.2, 0.25) is 0 Å². The van der Waals surface area contributed by atoms with Crippen LogP contribution in [0.5, 0.6) is 0 Å². The maximum Gasteiger partial charge on any atom is 0.261 e. The normalized spacial score (nSPS) is 12.9. The second kappa shape index (κ2) is 9.11. The summed E-state index contributed by atoms with van der Waals surface area (Å²) in [4.78, 5) is 0.189. The highest BCUT2D eigenvalue weighted by atomic mass is 32.2. The number of hydrogen-bond donors (Lipinski definition) is 2. The molecule has 0 fully saturated rings. The van der Waals surface area contributed by atoms with Gasteiger partial charge in [-0.05, 0) is 72.9 Å². The SMILES string of the molecule is CCC(C)c1ccc(S(=O)(=O)Nc2ccc(S(=O)(=O)Nc3ccccc3C)cc2)cc1. The number of aryl methyl sites for hydroxylation is 1. The van der Waals surface area contributed by atoms with Crippen molar-refractivity contribution in [1.29, 1.82) is 0 Å². The molecule has 6 nitrogen and oxygen atoms in total. The molecule has 1 unspecified atom stereocenters. The monoisotopic (exact) mass is 458 g/mol. The lowest BCUT2D eigenvalue weighted by atomic mass is 9.99. The van der Waals surface area contributed by atoms with Crippen LogP contribution in [0.4, 0.5) is 11.4 Å². The fourth-order valence-corrected chi connectivity index (χ4v) is 5.21. The van der Waals surface area contributed by atoms with E-state index in [9.17, 15) is 16.8 Å². The average molecular weight is 459 g/mol. The van der Waals surface area contributed by atoms with Crippen molar-refractivity contribution in [3.05, 3.63) is 83.9 Å². The zero-order valence-corrected chi connectivity index (χ0v) is 19.3. The molecule has 0 aliphatic carbocycles. The fourth-order valence-electron chi connectivity index (χ4n) is 3.02. The predicted octanol–water partition coefficient (Wildman–Crippen LogP) is 5.11. The molecular formula is C23H26N2O4S2. The highest BCUT2D eigenvalue weighted by Crippen LogP contribution is 2.24. The van der Waals surface area contributed by atoms with Crippen molar-refractivity contribution in [3.63, 3.8) is 0 Å². The Balaban J connectivity index is 1.76. The molecule has 0 heterocycles. The molecule has 0 spiro atoms. The molecule has 0 aliphatic rings. The van der Waals surface area contributed by atoms with Crippen molar-refractivity contribution in [2.45, 2.75) is 42.9 Å². The van der Waals surface area contributed by atoms with Crippen LogP contribution in [-0.2, 0) is 20.0 Å². The second-order valence-corrected chi connectivity index (χ2v) is 10.8. The molecule has 3 aromatic carbocycles. The molecule has 0 radical (unpaired) electrons. The first-order valence-corrected chi connectivity index (χ1v) is 12.9. The first-order chi connectivity index (χ1) is 14.6. The molecule has 164 valence electrons. The average Bonchev–Trinajstić information content (AvgIpc) is 2.75. The van der Waals surface area contributed by atoms with E-state index in [1.807, 2.05) is 31.2 Å². The molecule has 0 aromatic heterocycles. The summed E-state index contributed by atoms with van der Waals surface area (Å²) < 4.78 is 55.7. The van der Waals surface area contributed by atoms with Gasteiger partial charge in [0.25, 0.3) is 20.0 Å². The van der Waals surface area contributed by atoms with E-state index in [0.29, 0.717) is 11.6 Å². The Bertz CT molecular complexity index is 1250. The lowest BCUT2D eigenvalue weighted by molar-refractivity contribution is 0.600. The van der Waals surface area contributed by atoms with Crippen LogP contribution in [0, 0.1) is 6.92 Å². The Morgan fingerprint density at radius 3 is 1.81 bits per heavy atom. The highest BCUT2D eigenvalue weighted by molar-refractivity contribution is 7.93. The van der Waals surface area contributed by atoms with Crippen LogP contribution in [0.15, 0.2) is 82.6 Å². The third kappa shape index (κ3) is 5.45. The number of nitrogens with one attached hydrogen (secondary N) is 2. The molecule has 3 aromatic rings. The maximum absolute atomic E-state index is 12.7. The van der Waals surface area contributed by atoms with Crippen molar-refractivity contribution in [3.8, 4) is 0 Å². The van der Waals surface area contributed by atoms with Gasteiger partial charge in [0.15, 0.2) is 0 Å². The van der Waals surface area contributed by atoms with Gasteiger partial charge in [-0.3, -0.25) is 9.44 Å². The molecule has 0 amide bonds. The number of anilines is 2. The van der Waals surface area contributed by atoms with Crippen molar-refractivity contribution in [2.24, 2.45) is 0 Å². The van der Waals surface area contributed by atoms with E-state index in [1.165, 1.54) is 24.3 Å². The molecular weight excluding hydrogens is 432 g/mol. The van der Waals surface area contributed by atoms with Crippen LogP contribution < -0.4 is 9.44 Å². The van der Waals surface area contributed by atoms with Gasteiger partial charge >= 0.3 is 0 Å². The smallest absolute Gasteiger partial charge is 0.261 e. The summed E-state index contributed by atoms with van der Waals surface area (Å²) in [5.41, 5.74) is 2.65. The predicted molar refractivity (Wildman–Crippen MR) is 124 cm³/mol. The van der Waals surface area contributed by atoms with E-state index in [-0.39, 0.29) is 15.5 Å².